The second-order valence-corrected chi connectivity index (χ2v) is 4.78. The average molecular weight is 274 g/mol. The highest BCUT2D eigenvalue weighted by atomic mass is 16.5. The molecule has 20 heavy (non-hydrogen) atoms. The van der Waals surface area contributed by atoms with Crippen molar-refractivity contribution in [2.75, 3.05) is 37.7 Å². The molecule has 0 aliphatic carbocycles. The van der Waals surface area contributed by atoms with E-state index in [4.69, 9.17) is 9.15 Å². The summed E-state index contributed by atoms with van der Waals surface area (Å²) < 4.78 is 11.3. The van der Waals surface area contributed by atoms with Crippen LogP contribution in [0.5, 0.6) is 5.75 Å². The number of benzene rings is 1. The minimum Gasteiger partial charge on any atom is -0.494 e. The van der Waals surface area contributed by atoms with Crippen molar-refractivity contribution in [3.05, 3.63) is 34.5 Å². The summed E-state index contributed by atoms with van der Waals surface area (Å²) in [6.45, 7) is 6.02. The first-order valence-corrected chi connectivity index (χ1v) is 6.94. The molecular weight excluding hydrogens is 256 g/mol. The monoisotopic (exact) mass is 274 g/mol. The van der Waals surface area contributed by atoms with Crippen LogP contribution in [-0.4, -0.2) is 32.8 Å². The number of hydrogen-bond donors (Lipinski definition) is 1. The molecule has 2 aromatic rings. The number of nitrogens with one attached hydrogen (secondary N) is 1. The van der Waals surface area contributed by atoms with Gasteiger partial charge in [-0.25, -0.2) is 0 Å². The number of hydrogen-bond acceptors (Lipinski definition) is 5. The summed E-state index contributed by atoms with van der Waals surface area (Å²) in [7, 11) is 0. The van der Waals surface area contributed by atoms with Crippen LogP contribution in [0.2, 0.25) is 0 Å². The highest BCUT2D eigenvalue weighted by molar-refractivity contribution is 5.79. The summed E-state index contributed by atoms with van der Waals surface area (Å²) in [6.07, 6.45) is 0. The lowest BCUT2D eigenvalue weighted by Crippen LogP contribution is -2.43. The molecule has 1 aliphatic heterocycles. The minimum absolute atomic E-state index is 0.0113. The Balaban J connectivity index is 2.03. The highest BCUT2D eigenvalue weighted by Crippen LogP contribution is 2.23. The van der Waals surface area contributed by atoms with Crippen LogP contribution in [-0.2, 0) is 0 Å². The molecule has 3 rings (SSSR count). The van der Waals surface area contributed by atoms with E-state index in [9.17, 15) is 4.79 Å². The maximum atomic E-state index is 12.2. The van der Waals surface area contributed by atoms with Crippen molar-refractivity contribution in [1.29, 1.82) is 0 Å². The fraction of sp³-hybridized carbons (Fsp3) is 0.400. The molecule has 0 bridgehead atoms. The van der Waals surface area contributed by atoms with Crippen LogP contribution >= 0.6 is 0 Å². The Kier molecular flexibility index (Phi) is 3.60. The first kappa shape index (κ1) is 13.0. The lowest BCUT2D eigenvalue weighted by atomic mass is 10.2. The molecule has 0 spiro atoms. The zero-order chi connectivity index (χ0) is 13.9. The predicted octanol–water partition coefficient (Wildman–Crippen LogP) is 1.60. The maximum Gasteiger partial charge on any atom is 0.200 e. The number of fused-ring (bicyclic) bond motifs is 1. The van der Waals surface area contributed by atoms with Crippen molar-refractivity contribution in [2.24, 2.45) is 0 Å². The molecule has 1 aromatic carbocycles. The first-order valence-electron chi connectivity index (χ1n) is 6.94. The summed E-state index contributed by atoms with van der Waals surface area (Å²) in [4.78, 5) is 14.3. The van der Waals surface area contributed by atoms with Crippen LogP contribution in [0, 0.1) is 0 Å². The third-order valence-electron chi connectivity index (χ3n) is 3.43. The quantitative estimate of drug-likeness (QED) is 0.921. The molecule has 0 amide bonds. The third kappa shape index (κ3) is 2.49. The van der Waals surface area contributed by atoms with E-state index in [-0.39, 0.29) is 5.43 Å². The van der Waals surface area contributed by atoms with Gasteiger partial charge in [0.05, 0.1) is 12.0 Å². The number of piperazine rings is 1. The molecule has 1 aliphatic rings. The van der Waals surface area contributed by atoms with Crippen LogP contribution in [0.1, 0.15) is 6.92 Å². The van der Waals surface area contributed by atoms with Gasteiger partial charge < -0.3 is 19.4 Å². The fourth-order valence-electron chi connectivity index (χ4n) is 2.42. The Morgan fingerprint density at radius 2 is 2.10 bits per heavy atom. The van der Waals surface area contributed by atoms with Gasteiger partial charge >= 0.3 is 0 Å². The molecule has 106 valence electrons. The normalized spacial score (nSPS) is 15.6. The molecule has 1 saturated heterocycles. The number of ether oxygens (including phenoxy) is 1. The summed E-state index contributed by atoms with van der Waals surface area (Å²) >= 11 is 0. The van der Waals surface area contributed by atoms with Gasteiger partial charge in [0.15, 0.2) is 11.3 Å². The van der Waals surface area contributed by atoms with Crippen molar-refractivity contribution in [3.8, 4) is 5.75 Å². The molecule has 1 fully saturated rings. The molecule has 0 radical (unpaired) electrons. The van der Waals surface area contributed by atoms with Gasteiger partial charge in [-0.1, -0.05) is 0 Å². The van der Waals surface area contributed by atoms with Crippen molar-refractivity contribution in [3.63, 3.8) is 0 Å². The Hall–Kier alpha value is -2.01. The van der Waals surface area contributed by atoms with Gasteiger partial charge in [-0.2, -0.15) is 0 Å². The Morgan fingerprint density at radius 1 is 1.30 bits per heavy atom. The summed E-state index contributed by atoms with van der Waals surface area (Å²) in [5.74, 6) is 1.36. The van der Waals surface area contributed by atoms with E-state index in [2.05, 4.69) is 10.2 Å². The highest BCUT2D eigenvalue weighted by Gasteiger charge is 2.15. The van der Waals surface area contributed by atoms with E-state index in [1.807, 2.05) is 6.92 Å². The lowest BCUT2D eigenvalue weighted by molar-refractivity contribution is 0.340. The van der Waals surface area contributed by atoms with Crippen LogP contribution < -0.4 is 20.4 Å². The zero-order valence-electron chi connectivity index (χ0n) is 11.5. The van der Waals surface area contributed by atoms with Gasteiger partial charge in [-0.15, -0.1) is 0 Å². The van der Waals surface area contributed by atoms with Gasteiger partial charge in [0.25, 0.3) is 0 Å². The molecule has 1 N–H and O–H groups in total. The summed E-state index contributed by atoms with van der Waals surface area (Å²) in [5.41, 5.74) is 0.569. The van der Waals surface area contributed by atoms with E-state index in [0.717, 1.165) is 31.9 Å². The molecule has 5 nitrogen and oxygen atoms in total. The van der Waals surface area contributed by atoms with Gasteiger partial charge in [0, 0.05) is 38.3 Å². The van der Waals surface area contributed by atoms with Crippen molar-refractivity contribution in [2.45, 2.75) is 6.92 Å². The Bertz CT molecular complexity index is 660. The van der Waals surface area contributed by atoms with Crippen molar-refractivity contribution < 1.29 is 9.15 Å². The third-order valence-corrected chi connectivity index (χ3v) is 3.43. The molecule has 5 heteroatoms. The topological polar surface area (TPSA) is 54.7 Å². The zero-order valence-corrected chi connectivity index (χ0v) is 11.5. The second kappa shape index (κ2) is 5.54. The number of nitrogens with zero attached hydrogens (tertiary/aromatic N) is 1. The molecule has 2 heterocycles. The average Bonchev–Trinajstić information content (AvgIpc) is 2.48. The number of anilines is 1. The van der Waals surface area contributed by atoms with E-state index in [1.165, 1.54) is 0 Å². The fourth-order valence-corrected chi connectivity index (χ4v) is 2.42. The Morgan fingerprint density at radius 3 is 2.85 bits per heavy atom. The van der Waals surface area contributed by atoms with E-state index in [0.29, 0.717) is 23.5 Å². The van der Waals surface area contributed by atoms with Crippen LogP contribution in [0.4, 0.5) is 5.88 Å². The molecule has 0 atom stereocenters. The lowest BCUT2D eigenvalue weighted by Gasteiger charge is -2.27. The molecule has 0 unspecified atom stereocenters. The van der Waals surface area contributed by atoms with Gasteiger partial charge in [-0.05, 0) is 19.1 Å². The molecular formula is C15H18N2O3. The largest absolute Gasteiger partial charge is 0.494 e. The molecule has 1 aromatic heterocycles. The van der Waals surface area contributed by atoms with Crippen LogP contribution in [0.3, 0.4) is 0 Å². The smallest absolute Gasteiger partial charge is 0.200 e. The second-order valence-electron chi connectivity index (χ2n) is 4.78. The number of rotatable bonds is 3. The van der Waals surface area contributed by atoms with E-state index < -0.39 is 0 Å². The first-order chi connectivity index (χ1) is 9.78. The maximum absolute atomic E-state index is 12.2. The summed E-state index contributed by atoms with van der Waals surface area (Å²) in [6, 6.07) is 6.92. The Labute approximate surface area is 117 Å². The van der Waals surface area contributed by atoms with Crippen LogP contribution in [0.15, 0.2) is 33.5 Å². The van der Waals surface area contributed by atoms with Gasteiger partial charge in [-0.3, -0.25) is 4.79 Å². The van der Waals surface area contributed by atoms with Crippen molar-refractivity contribution in [1.82, 2.24) is 5.32 Å². The standard InChI is InChI=1S/C15H18N2O3/c1-2-19-11-3-4-12-13(18)10-15(20-14(12)9-11)17-7-5-16-6-8-17/h3-4,9-10,16H,2,5-8H2,1H3. The summed E-state index contributed by atoms with van der Waals surface area (Å²) in [5, 5.41) is 3.87. The van der Waals surface area contributed by atoms with Crippen LogP contribution in [0.25, 0.3) is 11.0 Å². The minimum atomic E-state index is -0.0113. The predicted molar refractivity (Wildman–Crippen MR) is 78.7 cm³/mol. The van der Waals surface area contributed by atoms with Gasteiger partial charge in [0.1, 0.15) is 11.3 Å². The van der Waals surface area contributed by atoms with E-state index in [1.54, 1.807) is 24.3 Å². The SMILES string of the molecule is CCOc1ccc2c(=O)cc(N3CCNCC3)oc2c1. The van der Waals surface area contributed by atoms with Crippen molar-refractivity contribution >= 4 is 16.9 Å². The van der Waals surface area contributed by atoms with E-state index >= 15 is 0 Å². The molecule has 0 saturated carbocycles. The van der Waals surface area contributed by atoms with Gasteiger partial charge in [0.2, 0.25) is 0 Å².